The van der Waals surface area contributed by atoms with Crippen molar-refractivity contribution in [1.29, 1.82) is 0 Å². The van der Waals surface area contributed by atoms with E-state index in [0.717, 1.165) is 30.0 Å². The van der Waals surface area contributed by atoms with Crippen LogP contribution in [0, 0.1) is 0 Å². The third kappa shape index (κ3) is 5.89. The number of rotatable bonds is 6. The second kappa shape index (κ2) is 10.0. The Balaban J connectivity index is 0.000000380. The molecule has 8 nitrogen and oxygen atoms in total. The molecule has 2 aromatic carbocycles. The summed E-state index contributed by atoms with van der Waals surface area (Å²) in [6.45, 7) is 1.13. The first-order valence-corrected chi connectivity index (χ1v) is 8.24. The van der Waals surface area contributed by atoms with Crippen LogP contribution in [0.25, 0.3) is 0 Å². The molecule has 0 spiro atoms. The van der Waals surface area contributed by atoms with E-state index < -0.39 is 11.9 Å². The normalized spacial score (nSPS) is 12.5. The second-order valence-electron chi connectivity index (χ2n) is 5.51. The SMILES string of the molecule is CNCCC(Oc1cccc2c1OCO2)c1ccccc1.O=C(O)C(=O)O. The van der Waals surface area contributed by atoms with Gasteiger partial charge in [-0.25, -0.2) is 9.59 Å². The number of para-hydroxylation sites is 1. The van der Waals surface area contributed by atoms with Crippen molar-refractivity contribution < 1.29 is 34.0 Å². The summed E-state index contributed by atoms with van der Waals surface area (Å²) in [6, 6.07) is 16.0. The van der Waals surface area contributed by atoms with Gasteiger partial charge in [-0.3, -0.25) is 0 Å². The molecular weight excluding hydrogens is 354 g/mol. The Labute approximate surface area is 156 Å². The van der Waals surface area contributed by atoms with Gasteiger partial charge in [-0.15, -0.1) is 0 Å². The third-order valence-electron chi connectivity index (χ3n) is 3.64. The highest BCUT2D eigenvalue weighted by Gasteiger charge is 2.21. The Morgan fingerprint density at radius 1 is 1.07 bits per heavy atom. The fourth-order valence-corrected chi connectivity index (χ4v) is 2.39. The molecule has 1 unspecified atom stereocenters. The van der Waals surface area contributed by atoms with Gasteiger partial charge in [0.2, 0.25) is 12.5 Å². The van der Waals surface area contributed by atoms with Crippen LogP contribution in [0.5, 0.6) is 17.2 Å². The van der Waals surface area contributed by atoms with E-state index in [-0.39, 0.29) is 12.9 Å². The smallest absolute Gasteiger partial charge is 0.414 e. The number of nitrogens with one attached hydrogen (secondary N) is 1. The second-order valence-corrected chi connectivity index (χ2v) is 5.51. The quantitative estimate of drug-likeness (QED) is 0.659. The lowest BCUT2D eigenvalue weighted by molar-refractivity contribution is -0.159. The predicted octanol–water partition coefficient (Wildman–Crippen LogP) is 2.30. The summed E-state index contributed by atoms with van der Waals surface area (Å²) in [5.41, 5.74) is 1.16. The number of carbonyl (C=O) groups is 2. The first kappa shape index (κ1) is 20.1. The van der Waals surface area contributed by atoms with Crippen molar-refractivity contribution in [3.8, 4) is 17.2 Å². The maximum atomic E-state index is 9.10. The molecule has 0 bridgehead atoms. The number of hydrogen-bond donors (Lipinski definition) is 3. The van der Waals surface area contributed by atoms with Crippen LogP contribution < -0.4 is 19.5 Å². The molecule has 1 aliphatic rings. The molecular formula is C19H21NO7. The minimum atomic E-state index is -1.82. The topological polar surface area (TPSA) is 114 Å². The fraction of sp³-hybridized carbons (Fsp3) is 0.263. The molecule has 0 aromatic heterocycles. The summed E-state index contributed by atoms with van der Waals surface area (Å²) in [7, 11) is 1.94. The fourth-order valence-electron chi connectivity index (χ4n) is 2.39. The molecule has 1 aliphatic heterocycles. The van der Waals surface area contributed by atoms with E-state index in [9.17, 15) is 0 Å². The molecule has 0 amide bonds. The molecule has 1 atom stereocenters. The van der Waals surface area contributed by atoms with Crippen LogP contribution >= 0.6 is 0 Å². The Morgan fingerprint density at radius 2 is 1.78 bits per heavy atom. The monoisotopic (exact) mass is 375 g/mol. The highest BCUT2D eigenvalue weighted by atomic mass is 16.7. The molecule has 0 radical (unpaired) electrons. The number of fused-ring (bicyclic) bond motifs is 1. The Kier molecular flexibility index (Phi) is 7.45. The zero-order chi connectivity index (χ0) is 19.6. The average molecular weight is 375 g/mol. The van der Waals surface area contributed by atoms with E-state index >= 15 is 0 Å². The average Bonchev–Trinajstić information content (AvgIpc) is 3.16. The van der Waals surface area contributed by atoms with Crippen LogP contribution in [0.3, 0.4) is 0 Å². The van der Waals surface area contributed by atoms with Crippen molar-refractivity contribution >= 4 is 11.9 Å². The van der Waals surface area contributed by atoms with Gasteiger partial charge in [0.1, 0.15) is 6.10 Å². The lowest BCUT2D eigenvalue weighted by atomic mass is 10.1. The van der Waals surface area contributed by atoms with Gasteiger partial charge in [-0.1, -0.05) is 36.4 Å². The Morgan fingerprint density at radius 3 is 2.41 bits per heavy atom. The zero-order valence-corrected chi connectivity index (χ0v) is 14.8. The van der Waals surface area contributed by atoms with Crippen LogP contribution in [-0.2, 0) is 9.59 Å². The molecule has 0 fully saturated rings. The first-order valence-electron chi connectivity index (χ1n) is 8.24. The van der Waals surface area contributed by atoms with E-state index in [1.165, 1.54) is 0 Å². The third-order valence-corrected chi connectivity index (χ3v) is 3.64. The lowest BCUT2D eigenvalue weighted by Gasteiger charge is -2.20. The molecule has 0 aliphatic carbocycles. The lowest BCUT2D eigenvalue weighted by Crippen LogP contribution is -2.16. The van der Waals surface area contributed by atoms with Crippen LogP contribution in [-0.4, -0.2) is 42.5 Å². The van der Waals surface area contributed by atoms with Crippen molar-refractivity contribution in [3.63, 3.8) is 0 Å². The van der Waals surface area contributed by atoms with Gasteiger partial charge in [-0.05, 0) is 31.3 Å². The Bertz CT molecular complexity index is 752. The van der Waals surface area contributed by atoms with E-state index in [1.807, 2.05) is 43.4 Å². The zero-order valence-electron chi connectivity index (χ0n) is 14.8. The highest BCUT2D eigenvalue weighted by Crippen LogP contribution is 2.42. The minimum Gasteiger partial charge on any atom is -0.482 e. The highest BCUT2D eigenvalue weighted by molar-refractivity contribution is 6.27. The number of ether oxygens (including phenoxy) is 3. The molecule has 8 heteroatoms. The van der Waals surface area contributed by atoms with E-state index in [2.05, 4.69) is 17.4 Å². The van der Waals surface area contributed by atoms with Gasteiger partial charge in [0.05, 0.1) is 0 Å². The predicted molar refractivity (Wildman–Crippen MR) is 96.2 cm³/mol. The van der Waals surface area contributed by atoms with Crippen molar-refractivity contribution in [1.82, 2.24) is 5.32 Å². The van der Waals surface area contributed by atoms with Gasteiger partial charge < -0.3 is 29.7 Å². The summed E-state index contributed by atoms with van der Waals surface area (Å²) in [4.78, 5) is 18.2. The molecule has 2 aromatic rings. The standard InChI is InChI=1S/C17H19NO3.C2H2O4/c1-18-11-10-14(13-6-3-2-4-7-13)21-16-9-5-8-15-17(16)20-12-19-15;3-1(4)2(5)6/h2-9,14,18H,10-12H2,1H3;(H,3,4)(H,5,6). The maximum absolute atomic E-state index is 9.10. The number of benzene rings is 2. The van der Waals surface area contributed by atoms with E-state index in [1.54, 1.807) is 0 Å². The molecule has 0 saturated carbocycles. The van der Waals surface area contributed by atoms with Crippen molar-refractivity contribution in [3.05, 3.63) is 54.1 Å². The van der Waals surface area contributed by atoms with Gasteiger partial charge in [-0.2, -0.15) is 0 Å². The summed E-state index contributed by atoms with van der Waals surface area (Å²) in [5.74, 6) is -1.48. The summed E-state index contributed by atoms with van der Waals surface area (Å²) in [6.07, 6.45) is 0.861. The molecule has 3 N–H and O–H groups in total. The first-order chi connectivity index (χ1) is 13.0. The molecule has 1 heterocycles. The summed E-state index contributed by atoms with van der Waals surface area (Å²) >= 11 is 0. The van der Waals surface area contributed by atoms with Crippen LogP contribution in [0.15, 0.2) is 48.5 Å². The number of aliphatic carboxylic acids is 2. The summed E-state index contributed by atoms with van der Waals surface area (Å²) < 4.78 is 17.1. The van der Waals surface area contributed by atoms with Crippen molar-refractivity contribution in [2.45, 2.75) is 12.5 Å². The summed E-state index contributed by atoms with van der Waals surface area (Å²) in [5, 5.41) is 18.0. The molecule has 0 saturated heterocycles. The van der Waals surface area contributed by atoms with Gasteiger partial charge in [0.25, 0.3) is 0 Å². The minimum absolute atomic E-state index is 0.0191. The maximum Gasteiger partial charge on any atom is 0.414 e. The number of carboxylic acids is 2. The molecule has 27 heavy (non-hydrogen) atoms. The van der Waals surface area contributed by atoms with Crippen molar-refractivity contribution in [2.75, 3.05) is 20.4 Å². The van der Waals surface area contributed by atoms with Crippen LogP contribution in [0.1, 0.15) is 18.1 Å². The van der Waals surface area contributed by atoms with Gasteiger partial charge in [0.15, 0.2) is 11.5 Å². The van der Waals surface area contributed by atoms with Crippen LogP contribution in [0.4, 0.5) is 0 Å². The number of carboxylic acid groups (broad SMARTS) is 2. The van der Waals surface area contributed by atoms with E-state index in [4.69, 9.17) is 34.0 Å². The molecule has 144 valence electrons. The molecule has 3 rings (SSSR count). The van der Waals surface area contributed by atoms with E-state index in [0.29, 0.717) is 5.75 Å². The van der Waals surface area contributed by atoms with Gasteiger partial charge >= 0.3 is 11.9 Å². The van der Waals surface area contributed by atoms with Crippen LogP contribution in [0.2, 0.25) is 0 Å². The number of hydrogen-bond acceptors (Lipinski definition) is 6. The largest absolute Gasteiger partial charge is 0.482 e. The Hall–Kier alpha value is -3.26. The van der Waals surface area contributed by atoms with Crippen molar-refractivity contribution in [2.24, 2.45) is 0 Å². The van der Waals surface area contributed by atoms with Gasteiger partial charge in [0, 0.05) is 6.42 Å².